The first-order valence-electron chi connectivity index (χ1n) is 11.0. The molecule has 32 heavy (non-hydrogen) atoms. The molecule has 3 aromatic rings. The van der Waals surface area contributed by atoms with Gasteiger partial charge in [-0.05, 0) is 36.6 Å². The third-order valence-corrected chi connectivity index (χ3v) is 5.94. The molecule has 0 saturated carbocycles. The van der Waals surface area contributed by atoms with Gasteiger partial charge in [0.05, 0.1) is 0 Å². The second-order valence-electron chi connectivity index (χ2n) is 8.26. The first-order valence-corrected chi connectivity index (χ1v) is 11.0. The number of hydrogen-bond acceptors (Lipinski definition) is 3. The van der Waals surface area contributed by atoms with Crippen LogP contribution in [0, 0.1) is 0 Å². The molecule has 3 N–H and O–H groups in total. The molecular weight excluding hydrogens is 404 g/mol. The lowest BCUT2D eigenvalue weighted by atomic mass is 10.0. The predicted octanol–water partition coefficient (Wildman–Crippen LogP) is 2.64. The molecule has 1 unspecified atom stereocenters. The fraction of sp³-hybridized carbons (Fsp3) is 0.320. The molecule has 1 aromatic heterocycles. The summed E-state index contributed by atoms with van der Waals surface area (Å²) >= 11 is 0. The number of nitrogens with zero attached hydrogens (tertiary/aromatic N) is 1. The molecule has 1 saturated heterocycles. The highest BCUT2D eigenvalue weighted by molar-refractivity contribution is 5.94. The van der Waals surface area contributed by atoms with E-state index < -0.39 is 6.04 Å². The summed E-state index contributed by atoms with van der Waals surface area (Å²) in [4.78, 5) is 42.5. The molecule has 4 rings (SSSR count). The molecule has 2 aromatic carbocycles. The Bertz CT molecular complexity index is 1100. The van der Waals surface area contributed by atoms with E-state index in [1.807, 2.05) is 65.7 Å². The maximum atomic E-state index is 13.0. The zero-order valence-electron chi connectivity index (χ0n) is 18.1. The van der Waals surface area contributed by atoms with Gasteiger partial charge in [0.25, 0.3) is 5.91 Å². The second kappa shape index (κ2) is 9.68. The first kappa shape index (κ1) is 21.6. The van der Waals surface area contributed by atoms with Crippen LogP contribution in [0.4, 0.5) is 0 Å². The SMILES string of the molecule is CC(=O)NC(Cc1c[nH]c2ccccc12)C(=O)NC1CCN(C(=O)c2ccccc2)CC1. The van der Waals surface area contributed by atoms with Gasteiger partial charge < -0.3 is 20.5 Å². The van der Waals surface area contributed by atoms with E-state index in [1.165, 1.54) is 6.92 Å². The Morgan fingerprint density at radius 2 is 1.72 bits per heavy atom. The fourth-order valence-corrected chi connectivity index (χ4v) is 4.27. The lowest BCUT2D eigenvalue weighted by molar-refractivity contribution is -0.128. The highest BCUT2D eigenvalue weighted by atomic mass is 16.2. The van der Waals surface area contributed by atoms with Crippen molar-refractivity contribution in [3.63, 3.8) is 0 Å². The third kappa shape index (κ3) is 4.99. The van der Waals surface area contributed by atoms with Gasteiger partial charge >= 0.3 is 0 Å². The Kier molecular flexibility index (Phi) is 6.54. The van der Waals surface area contributed by atoms with E-state index in [4.69, 9.17) is 0 Å². The number of H-pyrrole nitrogens is 1. The van der Waals surface area contributed by atoms with E-state index in [1.54, 1.807) is 0 Å². The van der Waals surface area contributed by atoms with Gasteiger partial charge in [0, 0.05) is 55.1 Å². The summed E-state index contributed by atoms with van der Waals surface area (Å²) < 4.78 is 0. The summed E-state index contributed by atoms with van der Waals surface area (Å²) in [6.45, 7) is 2.60. The summed E-state index contributed by atoms with van der Waals surface area (Å²) in [6, 6.07) is 16.5. The maximum absolute atomic E-state index is 13.0. The Labute approximate surface area is 187 Å². The van der Waals surface area contributed by atoms with E-state index in [-0.39, 0.29) is 23.8 Å². The molecular formula is C25H28N4O3. The number of nitrogens with one attached hydrogen (secondary N) is 3. The van der Waals surface area contributed by atoms with Gasteiger partial charge in [-0.1, -0.05) is 36.4 Å². The minimum Gasteiger partial charge on any atom is -0.361 e. The van der Waals surface area contributed by atoms with Gasteiger partial charge in [0.2, 0.25) is 11.8 Å². The number of para-hydroxylation sites is 1. The number of benzene rings is 2. The minimum absolute atomic E-state index is 0.0193. The van der Waals surface area contributed by atoms with Crippen LogP contribution in [0.5, 0.6) is 0 Å². The molecule has 0 bridgehead atoms. The topological polar surface area (TPSA) is 94.3 Å². The Balaban J connectivity index is 1.36. The van der Waals surface area contributed by atoms with Crippen LogP contribution in [0.2, 0.25) is 0 Å². The van der Waals surface area contributed by atoms with E-state index >= 15 is 0 Å². The molecule has 1 fully saturated rings. The number of piperidine rings is 1. The van der Waals surface area contributed by atoms with Crippen molar-refractivity contribution in [1.29, 1.82) is 0 Å². The summed E-state index contributed by atoms with van der Waals surface area (Å²) in [7, 11) is 0. The average molecular weight is 433 g/mol. The maximum Gasteiger partial charge on any atom is 0.253 e. The van der Waals surface area contributed by atoms with Crippen LogP contribution in [-0.2, 0) is 16.0 Å². The highest BCUT2D eigenvalue weighted by Gasteiger charge is 2.28. The van der Waals surface area contributed by atoms with Gasteiger partial charge in [0.1, 0.15) is 6.04 Å². The van der Waals surface area contributed by atoms with Gasteiger partial charge in [-0.3, -0.25) is 14.4 Å². The van der Waals surface area contributed by atoms with E-state index in [9.17, 15) is 14.4 Å². The largest absolute Gasteiger partial charge is 0.361 e. The second-order valence-corrected chi connectivity index (χ2v) is 8.26. The summed E-state index contributed by atoms with van der Waals surface area (Å²) in [5.41, 5.74) is 2.66. The lowest BCUT2D eigenvalue weighted by Gasteiger charge is -2.33. The van der Waals surface area contributed by atoms with Gasteiger partial charge in [0.15, 0.2) is 0 Å². The average Bonchev–Trinajstić information content (AvgIpc) is 3.22. The summed E-state index contributed by atoms with van der Waals surface area (Å²) in [6.07, 6.45) is 3.66. The minimum atomic E-state index is -0.657. The van der Waals surface area contributed by atoms with Crippen molar-refractivity contribution in [3.8, 4) is 0 Å². The van der Waals surface area contributed by atoms with E-state index in [0.29, 0.717) is 37.9 Å². The quantitative estimate of drug-likeness (QED) is 0.559. The molecule has 7 heteroatoms. The van der Waals surface area contributed by atoms with Crippen molar-refractivity contribution < 1.29 is 14.4 Å². The van der Waals surface area contributed by atoms with Gasteiger partial charge in [-0.2, -0.15) is 0 Å². The molecule has 0 radical (unpaired) electrons. The Hall–Kier alpha value is -3.61. The summed E-state index contributed by atoms with van der Waals surface area (Å²) in [5.74, 6) is -0.419. The zero-order chi connectivity index (χ0) is 22.5. The number of carbonyl (C=O) groups excluding carboxylic acids is 3. The van der Waals surface area contributed by atoms with E-state index in [2.05, 4.69) is 15.6 Å². The normalized spacial score (nSPS) is 15.3. The number of amides is 3. The van der Waals surface area contributed by atoms with Crippen molar-refractivity contribution >= 4 is 28.6 Å². The number of hydrogen-bond donors (Lipinski definition) is 3. The predicted molar refractivity (Wildman–Crippen MR) is 123 cm³/mol. The van der Waals surface area contributed by atoms with Crippen LogP contribution in [0.25, 0.3) is 10.9 Å². The van der Waals surface area contributed by atoms with E-state index in [0.717, 1.165) is 16.5 Å². The zero-order valence-corrected chi connectivity index (χ0v) is 18.1. The highest BCUT2D eigenvalue weighted by Crippen LogP contribution is 2.20. The molecule has 1 aliphatic rings. The van der Waals surface area contributed by atoms with Crippen molar-refractivity contribution in [3.05, 3.63) is 71.9 Å². The standard InChI is InChI=1S/C25H28N4O3/c1-17(30)27-23(15-19-16-26-22-10-6-5-9-21(19)22)24(31)28-20-11-13-29(14-12-20)25(32)18-7-3-2-4-8-18/h2-10,16,20,23,26H,11-15H2,1H3,(H,27,30)(H,28,31). The monoisotopic (exact) mass is 432 g/mol. The number of aromatic nitrogens is 1. The molecule has 7 nitrogen and oxygen atoms in total. The third-order valence-electron chi connectivity index (χ3n) is 5.94. The van der Waals surface area contributed by atoms with Crippen molar-refractivity contribution in [1.82, 2.24) is 20.5 Å². The van der Waals surface area contributed by atoms with Crippen molar-refractivity contribution in [2.45, 2.75) is 38.3 Å². The van der Waals surface area contributed by atoms with Crippen LogP contribution >= 0.6 is 0 Å². The molecule has 2 heterocycles. The van der Waals surface area contributed by atoms with Gasteiger partial charge in [-0.15, -0.1) is 0 Å². The lowest BCUT2D eigenvalue weighted by Crippen LogP contribution is -2.53. The number of carbonyl (C=O) groups is 3. The van der Waals surface area contributed by atoms with Crippen LogP contribution in [-0.4, -0.2) is 52.8 Å². The van der Waals surface area contributed by atoms with Crippen molar-refractivity contribution in [2.24, 2.45) is 0 Å². The molecule has 0 spiro atoms. The van der Waals surface area contributed by atoms with Crippen molar-refractivity contribution in [2.75, 3.05) is 13.1 Å². The van der Waals surface area contributed by atoms with Crippen LogP contribution < -0.4 is 10.6 Å². The van der Waals surface area contributed by atoms with Crippen LogP contribution in [0.3, 0.4) is 0 Å². The molecule has 1 atom stereocenters. The molecule has 3 amide bonds. The number of fused-ring (bicyclic) bond motifs is 1. The Morgan fingerprint density at radius 1 is 1.03 bits per heavy atom. The van der Waals surface area contributed by atoms with Gasteiger partial charge in [-0.25, -0.2) is 0 Å². The van der Waals surface area contributed by atoms with Crippen LogP contribution in [0.1, 0.15) is 35.7 Å². The molecule has 1 aliphatic heterocycles. The van der Waals surface area contributed by atoms with Crippen LogP contribution in [0.15, 0.2) is 60.8 Å². The fourth-order valence-electron chi connectivity index (χ4n) is 4.27. The smallest absolute Gasteiger partial charge is 0.253 e. The number of likely N-dealkylation sites (tertiary alicyclic amines) is 1. The summed E-state index contributed by atoms with van der Waals surface area (Å²) in [5, 5.41) is 6.92. The Morgan fingerprint density at radius 3 is 2.44 bits per heavy atom. The molecule has 166 valence electrons. The number of aromatic amines is 1. The molecule has 0 aliphatic carbocycles. The first-order chi connectivity index (χ1) is 15.5. The number of rotatable bonds is 6.